The van der Waals surface area contributed by atoms with Crippen molar-refractivity contribution in [1.29, 1.82) is 0 Å². The van der Waals surface area contributed by atoms with Gasteiger partial charge in [0, 0.05) is 6.92 Å². The molecule has 0 aromatic heterocycles. The third-order valence-electron chi connectivity index (χ3n) is 4.63. The summed E-state index contributed by atoms with van der Waals surface area (Å²) in [5.74, 6) is 0. The highest BCUT2D eigenvalue weighted by molar-refractivity contribution is 9.09. The van der Waals surface area contributed by atoms with Crippen molar-refractivity contribution in [3.8, 4) is 6.19 Å². The maximum atomic E-state index is 4.57. The summed E-state index contributed by atoms with van der Waals surface area (Å²) < 4.78 is 0. The number of hydrogen-bond donors (Lipinski definition) is 1. The Morgan fingerprint density at radius 1 is 0.815 bits per heavy atom. The highest BCUT2D eigenvalue weighted by Gasteiger charge is 2.50. The number of hydrogen-bond acceptors (Lipinski definition) is 3. The molecule has 1 aliphatic heterocycles. The van der Waals surface area contributed by atoms with Crippen LogP contribution < -0.4 is 5.53 Å². The van der Waals surface area contributed by atoms with Gasteiger partial charge in [0.2, 0.25) is 0 Å². The summed E-state index contributed by atoms with van der Waals surface area (Å²) in [6.07, 6.45) is 2.98. The highest BCUT2D eigenvalue weighted by atomic mass is 79.9. The predicted octanol–water partition coefficient (Wildman–Crippen LogP) is 4.78. The topological polar surface area (TPSA) is 22.9 Å². The number of hydrazine groups is 2. The normalized spacial score (nSPS) is 14.6. The third kappa shape index (κ3) is 3.08. The van der Waals surface area contributed by atoms with Gasteiger partial charge < -0.3 is 0 Å². The van der Waals surface area contributed by atoms with Crippen molar-refractivity contribution in [1.82, 2.24) is 15.7 Å². The Morgan fingerprint density at radius 3 is 1.56 bits per heavy atom. The van der Waals surface area contributed by atoms with Crippen molar-refractivity contribution >= 4 is 15.9 Å². The van der Waals surface area contributed by atoms with Crippen molar-refractivity contribution in [3.63, 3.8) is 0 Å². The summed E-state index contributed by atoms with van der Waals surface area (Å²) >= 11 is 3.47. The molecule has 4 nitrogen and oxygen atoms in total. The average Bonchev–Trinajstić information content (AvgIpc) is 3.22. The second-order valence-corrected chi connectivity index (χ2v) is 7.28. The lowest BCUT2D eigenvalue weighted by molar-refractivity contribution is 0.0709. The molecule has 1 atom stereocenters. The summed E-state index contributed by atoms with van der Waals surface area (Å²) in [6.45, 7) is 3.99. The zero-order chi connectivity index (χ0) is 18.7. The molecule has 3 aromatic rings. The van der Waals surface area contributed by atoms with Crippen molar-refractivity contribution in [2.75, 3.05) is 0 Å². The first-order chi connectivity index (χ1) is 13.2. The van der Waals surface area contributed by atoms with Gasteiger partial charge in [0.1, 0.15) is 0 Å². The van der Waals surface area contributed by atoms with E-state index in [9.17, 15) is 0 Å². The van der Waals surface area contributed by atoms with Gasteiger partial charge in [0.05, 0.1) is 0 Å². The molecule has 0 aliphatic carbocycles. The molecular formula is C22H19BrN4+. The van der Waals surface area contributed by atoms with Gasteiger partial charge >= 0.3 is 6.19 Å². The van der Waals surface area contributed by atoms with Gasteiger partial charge in [-0.3, -0.25) is 0 Å². The molecule has 0 saturated carbocycles. The van der Waals surface area contributed by atoms with Crippen LogP contribution in [0, 0.1) is 13.1 Å². The molecule has 1 heterocycles. The van der Waals surface area contributed by atoms with E-state index >= 15 is 0 Å². The lowest BCUT2D eigenvalue weighted by atomic mass is 9.77. The monoisotopic (exact) mass is 418 g/mol. The second kappa shape index (κ2) is 7.43. The van der Waals surface area contributed by atoms with Gasteiger partial charge in [-0.1, -0.05) is 96.0 Å². The Morgan fingerprint density at radius 2 is 1.22 bits per heavy atom. The Bertz CT molecular complexity index is 852. The summed E-state index contributed by atoms with van der Waals surface area (Å²) in [6, 6.07) is 31.1. The van der Waals surface area contributed by atoms with Crippen LogP contribution in [-0.2, 0) is 5.54 Å². The number of nitrogens with one attached hydrogen (secondary N) is 1. The lowest BCUT2D eigenvalue weighted by Gasteiger charge is -2.36. The number of nitrogens with zero attached hydrogens (tertiary/aromatic N) is 3. The van der Waals surface area contributed by atoms with Crippen LogP contribution in [-0.4, -0.2) is 15.1 Å². The van der Waals surface area contributed by atoms with Gasteiger partial charge in [0.25, 0.3) is 0 Å². The molecule has 1 radical (unpaired) electrons. The molecule has 1 N–H and O–H groups in total. The molecule has 133 valence electrons. The minimum atomic E-state index is -0.673. The Hall–Kier alpha value is -2.81. The number of halogens is 1. The van der Waals surface area contributed by atoms with E-state index in [0.29, 0.717) is 0 Å². The maximum absolute atomic E-state index is 4.57. The number of alkyl halides is 1. The fraction of sp³-hybridized carbons (Fsp3) is 0.0909. The van der Waals surface area contributed by atoms with Crippen molar-refractivity contribution < 1.29 is 0 Å². The van der Waals surface area contributed by atoms with Gasteiger partial charge in [-0.15, -0.1) is 0 Å². The fourth-order valence-corrected chi connectivity index (χ4v) is 3.60. The Labute approximate surface area is 167 Å². The summed E-state index contributed by atoms with van der Waals surface area (Å²) in [4.78, 5) is 4.37. The SMILES string of the molecule is [CH2]C(Br)N1C#[N+]N(C(c2ccccc2)(c2ccccc2)c2ccccc2)N1. The molecule has 1 unspecified atom stereocenters. The molecule has 3 aromatic carbocycles. The van der Waals surface area contributed by atoms with E-state index in [1.807, 2.05) is 59.7 Å². The first-order valence-corrected chi connectivity index (χ1v) is 9.60. The predicted molar refractivity (Wildman–Crippen MR) is 111 cm³/mol. The van der Waals surface area contributed by atoms with Gasteiger partial charge in [-0.25, -0.2) is 0 Å². The van der Waals surface area contributed by atoms with Crippen molar-refractivity contribution in [3.05, 3.63) is 120 Å². The third-order valence-corrected chi connectivity index (χ3v) is 5.04. The second-order valence-electron chi connectivity index (χ2n) is 6.22. The van der Waals surface area contributed by atoms with Crippen LogP contribution in [0.15, 0.2) is 91.0 Å². The minimum absolute atomic E-state index is 0.203. The Kier molecular flexibility index (Phi) is 4.85. The molecule has 1 aliphatic rings. The minimum Gasteiger partial charge on any atom is -0.0916 e. The smallest absolute Gasteiger partial charge is 0.0916 e. The zero-order valence-electron chi connectivity index (χ0n) is 14.7. The van der Waals surface area contributed by atoms with Crippen LogP contribution in [0.25, 0.3) is 4.95 Å². The molecule has 0 spiro atoms. The van der Waals surface area contributed by atoms with Crippen LogP contribution in [0.1, 0.15) is 16.7 Å². The quantitative estimate of drug-likeness (QED) is 0.279. The van der Waals surface area contributed by atoms with Crippen LogP contribution in [0.5, 0.6) is 0 Å². The summed E-state index contributed by atoms with van der Waals surface area (Å²) in [7, 11) is 0. The largest absolute Gasteiger partial charge is 0.433 e. The fourth-order valence-electron chi connectivity index (χ4n) is 3.42. The van der Waals surface area contributed by atoms with Crippen molar-refractivity contribution in [2.45, 2.75) is 10.5 Å². The van der Waals surface area contributed by atoms with E-state index in [2.05, 4.69) is 75.9 Å². The van der Waals surface area contributed by atoms with Crippen LogP contribution in [0.2, 0.25) is 0 Å². The summed E-state index contributed by atoms with van der Waals surface area (Å²) in [5, 5.41) is 3.54. The molecule has 4 rings (SSSR count). The molecule has 0 saturated heterocycles. The van der Waals surface area contributed by atoms with Crippen LogP contribution >= 0.6 is 15.9 Å². The number of rotatable bonds is 5. The molecule has 0 amide bonds. The molecule has 27 heavy (non-hydrogen) atoms. The van der Waals surface area contributed by atoms with E-state index in [1.54, 1.807) is 5.01 Å². The van der Waals surface area contributed by atoms with Crippen molar-refractivity contribution in [2.24, 2.45) is 0 Å². The lowest BCUT2D eigenvalue weighted by Crippen LogP contribution is -2.54. The number of benzene rings is 3. The van der Waals surface area contributed by atoms with Gasteiger partial charge in [-0.2, -0.15) is 0 Å². The van der Waals surface area contributed by atoms with Crippen LogP contribution in [0.4, 0.5) is 0 Å². The maximum Gasteiger partial charge on any atom is 0.433 e. The summed E-state index contributed by atoms with van der Waals surface area (Å²) in [5.41, 5.74) is 5.92. The first-order valence-electron chi connectivity index (χ1n) is 8.68. The van der Waals surface area contributed by atoms with E-state index < -0.39 is 5.54 Å². The Balaban J connectivity index is 1.98. The van der Waals surface area contributed by atoms with E-state index in [4.69, 9.17) is 0 Å². The molecule has 5 heteroatoms. The van der Waals surface area contributed by atoms with E-state index in [0.717, 1.165) is 16.7 Å². The van der Waals surface area contributed by atoms with Gasteiger partial charge in [0.15, 0.2) is 10.5 Å². The zero-order valence-corrected chi connectivity index (χ0v) is 16.3. The van der Waals surface area contributed by atoms with Crippen LogP contribution in [0.3, 0.4) is 0 Å². The highest BCUT2D eigenvalue weighted by Crippen LogP contribution is 2.42. The van der Waals surface area contributed by atoms with E-state index in [1.165, 1.54) is 0 Å². The van der Waals surface area contributed by atoms with Gasteiger partial charge in [-0.05, 0) is 48.2 Å². The molecule has 0 bridgehead atoms. The molecule has 0 fully saturated rings. The molecular weight excluding hydrogens is 400 g/mol. The average molecular weight is 419 g/mol. The first kappa shape index (κ1) is 17.6. The standard InChI is InChI=1S/C22H19BrN4/c1-18(23)26-17-24-27(25-26)22(19-11-5-2-6-12-19,20-13-7-3-8-14-20)21-15-9-4-10-16-21/h2-16,18,25H,1H2/q+1. The van der Waals surface area contributed by atoms with E-state index in [-0.39, 0.29) is 4.95 Å².